The molecule has 0 unspecified atom stereocenters. The molecule has 3 heterocycles. The van der Waals surface area contributed by atoms with E-state index in [4.69, 9.17) is 19.6 Å². The van der Waals surface area contributed by atoms with Gasteiger partial charge in [0.1, 0.15) is 0 Å². The number of aliphatic carboxylic acids is 1. The lowest BCUT2D eigenvalue weighted by Crippen LogP contribution is -2.43. The summed E-state index contributed by atoms with van der Waals surface area (Å²) in [6.07, 6.45) is -3.34. The molecule has 0 bridgehead atoms. The number of carbonyl (C=O) groups is 1. The summed E-state index contributed by atoms with van der Waals surface area (Å²) in [7, 11) is 0. The molecular weight excluding hydrogens is 527 g/mol. The van der Waals surface area contributed by atoms with Crippen molar-refractivity contribution in [3.05, 3.63) is 60.3 Å². The Morgan fingerprint density at radius 3 is 2.27 bits per heavy atom. The summed E-state index contributed by atoms with van der Waals surface area (Å²) >= 11 is 0. The zero-order valence-electron chi connectivity index (χ0n) is 21.5. The molecule has 210 valence electrons. The van der Waals surface area contributed by atoms with Gasteiger partial charge >= 0.3 is 12.1 Å². The average Bonchev–Trinajstić information content (AvgIpc) is 2.98. The number of rotatable bonds is 5. The number of hydrogen-bond acceptors (Lipinski definition) is 9. The van der Waals surface area contributed by atoms with Crippen LogP contribution in [0.4, 0.5) is 36.2 Å². The maximum Gasteiger partial charge on any atom is 0.490 e. The first-order chi connectivity index (χ1) is 19.2. The zero-order valence-corrected chi connectivity index (χ0v) is 21.5. The molecule has 0 atom stereocenters. The second-order valence-corrected chi connectivity index (χ2v) is 8.96. The number of piperazine rings is 1. The Morgan fingerprint density at radius 2 is 1.65 bits per heavy atom. The molecule has 3 N–H and O–H groups in total. The number of carboxylic acid groups (broad SMARTS) is 1. The van der Waals surface area contributed by atoms with E-state index in [-0.39, 0.29) is 0 Å². The number of hydrogen-bond donors (Lipinski definition) is 3. The van der Waals surface area contributed by atoms with E-state index in [0.29, 0.717) is 24.7 Å². The van der Waals surface area contributed by atoms with Gasteiger partial charge < -0.3 is 30.3 Å². The largest absolute Gasteiger partial charge is 0.490 e. The van der Waals surface area contributed by atoms with Crippen LogP contribution in [0.3, 0.4) is 0 Å². The number of nitrogens with one attached hydrogen (secondary N) is 2. The Hall–Kier alpha value is -4.41. The SMILES string of the molecule is N#Cc1cc(-c2ccnc(Nc3ccc(N4CCNCC4)cc3)n2)cc(N2CCOCC2)c1.O=C(O)C(F)(F)F. The van der Waals surface area contributed by atoms with Gasteiger partial charge in [-0.05, 0) is 48.5 Å². The topological polar surface area (TPSA) is 127 Å². The van der Waals surface area contributed by atoms with Crippen LogP contribution in [0.25, 0.3) is 11.3 Å². The third-order valence-corrected chi connectivity index (χ3v) is 6.22. The van der Waals surface area contributed by atoms with Crippen LogP contribution in [-0.4, -0.2) is 79.7 Å². The quantitative estimate of drug-likeness (QED) is 0.430. The van der Waals surface area contributed by atoms with Crippen molar-refractivity contribution in [2.75, 3.05) is 67.6 Å². The van der Waals surface area contributed by atoms with Crippen molar-refractivity contribution in [2.24, 2.45) is 0 Å². The maximum absolute atomic E-state index is 10.6. The first-order valence-corrected chi connectivity index (χ1v) is 12.6. The maximum atomic E-state index is 10.6. The fraction of sp³-hybridized carbons (Fsp3) is 0.333. The van der Waals surface area contributed by atoms with Crippen LogP contribution in [0.5, 0.6) is 0 Å². The highest BCUT2D eigenvalue weighted by Gasteiger charge is 2.38. The highest BCUT2D eigenvalue weighted by Crippen LogP contribution is 2.27. The predicted octanol–water partition coefficient (Wildman–Crippen LogP) is 3.64. The molecule has 2 aliphatic heterocycles. The molecule has 0 aliphatic carbocycles. The lowest BCUT2D eigenvalue weighted by atomic mass is 10.1. The number of ether oxygens (including phenoxy) is 1. The second-order valence-electron chi connectivity index (χ2n) is 8.96. The van der Waals surface area contributed by atoms with Crippen molar-refractivity contribution < 1.29 is 27.8 Å². The Kier molecular flexibility index (Phi) is 9.36. The van der Waals surface area contributed by atoms with E-state index < -0.39 is 12.1 Å². The Bertz CT molecular complexity index is 1330. The molecule has 0 radical (unpaired) electrons. The predicted molar refractivity (Wildman–Crippen MR) is 144 cm³/mol. The lowest BCUT2D eigenvalue weighted by molar-refractivity contribution is -0.192. The molecule has 0 amide bonds. The fourth-order valence-electron chi connectivity index (χ4n) is 4.22. The first kappa shape index (κ1) is 28.6. The van der Waals surface area contributed by atoms with Crippen molar-refractivity contribution in [3.8, 4) is 17.3 Å². The van der Waals surface area contributed by atoms with Crippen LogP contribution in [0.2, 0.25) is 0 Å². The van der Waals surface area contributed by atoms with Gasteiger partial charge in [0.25, 0.3) is 0 Å². The van der Waals surface area contributed by atoms with Crippen LogP contribution >= 0.6 is 0 Å². The Labute approximate surface area is 229 Å². The van der Waals surface area contributed by atoms with Crippen LogP contribution < -0.4 is 20.4 Å². The Balaban J connectivity index is 0.000000470. The number of morpholine rings is 1. The van der Waals surface area contributed by atoms with Crippen molar-refractivity contribution >= 4 is 29.0 Å². The highest BCUT2D eigenvalue weighted by molar-refractivity contribution is 5.73. The van der Waals surface area contributed by atoms with Gasteiger partial charge in [0.15, 0.2) is 0 Å². The van der Waals surface area contributed by atoms with E-state index in [1.165, 1.54) is 5.69 Å². The van der Waals surface area contributed by atoms with Crippen molar-refractivity contribution in [2.45, 2.75) is 6.18 Å². The van der Waals surface area contributed by atoms with Crippen LogP contribution in [0.1, 0.15) is 5.56 Å². The smallest absolute Gasteiger partial charge is 0.475 e. The first-order valence-electron chi connectivity index (χ1n) is 12.6. The van der Waals surface area contributed by atoms with Gasteiger partial charge in [-0.1, -0.05) is 0 Å². The molecule has 2 saturated heterocycles. The molecule has 10 nitrogen and oxygen atoms in total. The number of nitriles is 1. The highest BCUT2D eigenvalue weighted by atomic mass is 19.4. The molecule has 0 saturated carbocycles. The minimum Gasteiger partial charge on any atom is -0.475 e. The van der Waals surface area contributed by atoms with E-state index in [2.05, 4.69) is 61.8 Å². The number of alkyl halides is 3. The molecule has 3 aromatic rings. The lowest BCUT2D eigenvalue weighted by Gasteiger charge is -2.29. The molecule has 13 heteroatoms. The minimum atomic E-state index is -5.08. The molecule has 2 aliphatic rings. The van der Waals surface area contributed by atoms with Gasteiger partial charge in [0.2, 0.25) is 5.95 Å². The van der Waals surface area contributed by atoms with Crippen molar-refractivity contribution in [1.82, 2.24) is 15.3 Å². The van der Waals surface area contributed by atoms with Crippen LogP contribution in [0.15, 0.2) is 54.7 Å². The minimum absolute atomic E-state index is 0.526. The van der Waals surface area contributed by atoms with Gasteiger partial charge in [-0.25, -0.2) is 14.8 Å². The van der Waals surface area contributed by atoms with E-state index in [1.807, 2.05) is 18.2 Å². The third-order valence-electron chi connectivity index (χ3n) is 6.22. The monoisotopic (exact) mass is 555 g/mol. The fourth-order valence-corrected chi connectivity index (χ4v) is 4.22. The van der Waals surface area contributed by atoms with Crippen LogP contribution in [0, 0.1) is 11.3 Å². The second kappa shape index (κ2) is 13.1. The van der Waals surface area contributed by atoms with Crippen molar-refractivity contribution in [1.29, 1.82) is 5.26 Å². The van der Waals surface area contributed by atoms with E-state index in [9.17, 15) is 18.4 Å². The van der Waals surface area contributed by atoms with E-state index in [0.717, 1.165) is 61.9 Å². The molecule has 2 fully saturated rings. The van der Waals surface area contributed by atoms with Gasteiger partial charge in [0, 0.05) is 68.1 Å². The number of nitrogens with zero attached hydrogens (tertiary/aromatic N) is 5. The zero-order chi connectivity index (χ0) is 28.5. The number of halogens is 3. The number of anilines is 4. The molecular formula is C27H28F3N7O3. The summed E-state index contributed by atoms with van der Waals surface area (Å²) in [5.74, 6) is -2.23. The number of carboxylic acids is 1. The third kappa shape index (κ3) is 7.81. The Morgan fingerprint density at radius 1 is 1.00 bits per heavy atom. The number of aromatic nitrogens is 2. The molecule has 1 aromatic heterocycles. The molecule has 40 heavy (non-hydrogen) atoms. The average molecular weight is 556 g/mol. The summed E-state index contributed by atoms with van der Waals surface area (Å²) in [4.78, 5) is 22.6. The number of benzene rings is 2. The molecule has 2 aromatic carbocycles. The van der Waals surface area contributed by atoms with Crippen LogP contribution in [-0.2, 0) is 9.53 Å². The van der Waals surface area contributed by atoms with E-state index in [1.54, 1.807) is 6.20 Å². The standard InChI is InChI=1S/C25H27N7O.C2HF3O2/c26-18-19-15-20(17-23(16-19)32-11-13-33-14-12-32)24-5-6-28-25(30-24)29-21-1-3-22(4-2-21)31-9-7-27-8-10-31;3-2(4,5)1(6)7/h1-6,15-17,27H,7-14H2,(H,28,29,30);(H,6,7). The summed E-state index contributed by atoms with van der Waals surface area (Å²) in [5.41, 5.74) is 5.47. The van der Waals surface area contributed by atoms with Gasteiger partial charge in [-0.3, -0.25) is 0 Å². The summed E-state index contributed by atoms with van der Waals surface area (Å²) in [6.45, 7) is 7.09. The van der Waals surface area contributed by atoms with Gasteiger partial charge in [-0.2, -0.15) is 18.4 Å². The summed E-state index contributed by atoms with van der Waals surface area (Å²) in [6, 6.07) is 18.4. The normalized spacial score (nSPS) is 15.4. The summed E-state index contributed by atoms with van der Waals surface area (Å²) in [5, 5.41) is 23.4. The van der Waals surface area contributed by atoms with Gasteiger partial charge in [-0.15, -0.1) is 0 Å². The van der Waals surface area contributed by atoms with Crippen molar-refractivity contribution in [3.63, 3.8) is 0 Å². The molecule has 5 rings (SSSR count). The van der Waals surface area contributed by atoms with Gasteiger partial charge in [0.05, 0.1) is 30.5 Å². The van der Waals surface area contributed by atoms with E-state index >= 15 is 0 Å². The molecule has 0 spiro atoms. The summed E-state index contributed by atoms with van der Waals surface area (Å²) < 4.78 is 37.2.